The van der Waals surface area contributed by atoms with E-state index in [2.05, 4.69) is 0 Å². The first-order valence-electron chi connectivity index (χ1n) is 6.57. The zero-order valence-electron chi connectivity index (χ0n) is 11.4. The topological polar surface area (TPSA) is 74.7 Å². The number of para-hydroxylation sites is 1. The van der Waals surface area contributed by atoms with Gasteiger partial charge in [0.25, 0.3) is 17.7 Å². The lowest BCUT2D eigenvalue weighted by molar-refractivity contribution is -0.121. The van der Waals surface area contributed by atoms with Crippen LogP contribution < -0.4 is 0 Å². The molecule has 1 aliphatic rings. The molecule has 0 bridgehead atoms. The maximum Gasteiger partial charge on any atom is 0.268 e. The molecule has 0 fully saturated rings. The highest BCUT2D eigenvalue weighted by Crippen LogP contribution is 2.23. The molecular formula is C17H11NO4. The Balaban J connectivity index is 1.87. The van der Waals surface area contributed by atoms with Crippen molar-refractivity contribution in [2.24, 2.45) is 0 Å². The van der Waals surface area contributed by atoms with Gasteiger partial charge in [-0.3, -0.25) is 14.4 Å². The fraction of sp³-hybridized carbons (Fsp3) is 0. The highest BCUT2D eigenvalue weighted by molar-refractivity contribution is 6.30. The Morgan fingerprint density at radius 1 is 0.909 bits per heavy atom. The minimum absolute atomic E-state index is 0.00825. The zero-order chi connectivity index (χ0) is 15.7. The van der Waals surface area contributed by atoms with Gasteiger partial charge in [-0.05, 0) is 24.3 Å². The van der Waals surface area contributed by atoms with Gasteiger partial charge in [0.2, 0.25) is 0 Å². The first-order chi connectivity index (χ1) is 10.6. The van der Waals surface area contributed by atoms with E-state index < -0.39 is 17.7 Å². The van der Waals surface area contributed by atoms with Crippen LogP contribution in [0.2, 0.25) is 0 Å². The van der Waals surface area contributed by atoms with E-state index in [0.29, 0.717) is 10.5 Å². The zero-order valence-corrected chi connectivity index (χ0v) is 11.4. The van der Waals surface area contributed by atoms with Crippen molar-refractivity contribution in [1.82, 2.24) is 4.90 Å². The van der Waals surface area contributed by atoms with Crippen LogP contribution in [0.15, 0.2) is 54.6 Å². The number of phenolic OH excluding ortho intramolecular Hbond substituents is 1. The maximum atomic E-state index is 12.1. The van der Waals surface area contributed by atoms with Gasteiger partial charge in [0.1, 0.15) is 5.75 Å². The molecule has 0 unspecified atom stereocenters. The molecule has 0 aromatic heterocycles. The van der Waals surface area contributed by atoms with E-state index in [9.17, 15) is 19.5 Å². The Morgan fingerprint density at radius 3 is 2.05 bits per heavy atom. The molecule has 1 N–H and O–H groups in total. The Hall–Kier alpha value is -3.21. The van der Waals surface area contributed by atoms with Crippen molar-refractivity contribution < 1.29 is 19.5 Å². The molecule has 5 nitrogen and oxygen atoms in total. The van der Waals surface area contributed by atoms with Gasteiger partial charge in [0.15, 0.2) is 0 Å². The highest BCUT2D eigenvalue weighted by atomic mass is 16.3. The summed E-state index contributed by atoms with van der Waals surface area (Å²) in [5.41, 5.74) is 0.862. The lowest BCUT2D eigenvalue weighted by Crippen LogP contribution is -2.34. The monoisotopic (exact) mass is 293 g/mol. The second-order valence-corrected chi connectivity index (χ2v) is 4.72. The van der Waals surface area contributed by atoms with Crippen LogP contribution >= 0.6 is 0 Å². The summed E-state index contributed by atoms with van der Waals surface area (Å²) in [7, 11) is 0. The number of nitrogens with zero attached hydrogens (tertiary/aromatic N) is 1. The Labute approximate surface area is 126 Å². The van der Waals surface area contributed by atoms with Crippen LogP contribution in [0.5, 0.6) is 5.75 Å². The van der Waals surface area contributed by atoms with Gasteiger partial charge < -0.3 is 5.11 Å². The van der Waals surface area contributed by atoms with Gasteiger partial charge in [-0.25, -0.2) is 4.90 Å². The minimum Gasteiger partial charge on any atom is -0.507 e. The van der Waals surface area contributed by atoms with E-state index >= 15 is 0 Å². The van der Waals surface area contributed by atoms with Crippen molar-refractivity contribution >= 4 is 23.8 Å². The van der Waals surface area contributed by atoms with Crippen molar-refractivity contribution in [3.8, 4) is 5.75 Å². The van der Waals surface area contributed by atoms with E-state index in [0.717, 1.165) is 6.08 Å². The quantitative estimate of drug-likeness (QED) is 0.680. The van der Waals surface area contributed by atoms with Crippen molar-refractivity contribution in [2.75, 3.05) is 0 Å². The van der Waals surface area contributed by atoms with Crippen molar-refractivity contribution in [3.63, 3.8) is 0 Å². The summed E-state index contributed by atoms with van der Waals surface area (Å²) < 4.78 is 0. The van der Waals surface area contributed by atoms with Crippen LogP contribution in [-0.4, -0.2) is 27.7 Å². The largest absolute Gasteiger partial charge is 0.507 e. The standard InChI is InChI=1S/C17H11NO4/c19-14-8-4-1-5-11(14)9-10-15(20)18-16(21)12-6-2-3-7-13(12)17(18)22/h1-10,19H. The van der Waals surface area contributed by atoms with E-state index in [-0.39, 0.29) is 16.9 Å². The van der Waals surface area contributed by atoms with Crippen LogP contribution in [0.3, 0.4) is 0 Å². The molecule has 0 saturated carbocycles. The van der Waals surface area contributed by atoms with Gasteiger partial charge in [0.05, 0.1) is 11.1 Å². The molecule has 0 radical (unpaired) electrons. The molecule has 3 amide bonds. The number of carbonyl (C=O) groups excluding carboxylic acids is 3. The number of fused-ring (bicyclic) bond motifs is 1. The number of hydrogen-bond acceptors (Lipinski definition) is 4. The number of rotatable bonds is 2. The SMILES string of the molecule is O=C(C=Cc1ccccc1O)N1C(=O)c2ccccc2C1=O. The van der Waals surface area contributed by atoms with E-state index in [4.69, 9.17) is 0 Å². The number of phenols is 1. The summed E-state index contributed by atoms with van der Waals surface area (Å²) in [4.78, 5) is 37.0. The fourth-order valence-corrected chi connectivity index (χ4v) is 2.25. The Morgan fingerprint density at radius 2 is 1.45 bits per heavy atom. The predicted molar refractivity (Wildman–Crippen MR) is 79.1 cm³/mol. The van der Waals surface area contributed by atoms with Gasteiger partial charge in [-0.1, -0.05) is 30.3 Å². The Bertz CT molecular complexity index is 788. The summed E-state index contributed by atoms with van der Waals surface area (Å²) in [6.07, 6.45) is 2.46. The fourth-order valence-electron chi connectivity index (χ4n) is 2.25. The van der Waals surface area contributed by atoms with E-state index in [1.54, 1.807) is 30.3 Å². The molecule has 0 spiro atoms. The van der Waals surface area contributed by atoms with Gasteiger partial charge >= 0.3 is 0 Å². The molecule has 2 aromatic rings. The maximum absolute atomic E-state index is 12.1. The van der Waals surface area contributed by atoms with Gasteiger partial charge in [0, 0.05) is 11.6 Å². The highest BCUT2D eigenvalue weighted by Gasteiger charge is 2.38. The van der Waals surface area contributed by atoms with Crippen LogP contribution in [0.1, 0.15) is 26.3 Å². The molecule has 5 heteroatoms. The number of amides is 3. The van der Waals surface area contributed by atoms with Crippen LogP contribution in [0.25, 0.3) is 6.08 Å². The predicted octanol–water partition coefficient (Wildman–Crippen LogP) is 2.23. The van der Waals surface area contributed by atoms with Crippen LogP contribution in [0, 0.1) is 0 Å². The second kappa shape index (κ2) is 5.29. The van der Waals surface area contributed by atoms with E-state index in [1.165, 1.54) is 24.3 Å². The third kappa shape index (κ3) is 2.18. The molecule has 108 valence electrons. The van der Waals surface area contributed by atoms with Crippen molar-refractivity contribution in [3.05, 3.63) is 71.3 Å². The third-order valence-corrected chi connectivity index (χ3v) is 3.36. The lowest BCUT2D eigenvalue weighted by atomic mass is 10.1. The summed E-state index contributed by atoms with van der Waals surface area (Å²) in [5.74, 6) is -2.00. The van der Waals surface area contributed by atoms with Crippen molar-refractivity contribution in [1.29, 1.82) is 0 Å². The summed E-state index contributed by atoms with van der Waals surface area (Å²) >= 11 is 0. The first-order valence-corrected chi connectivity index (χ1v) is 6.57. The molecule has 3 rings (SSSR count). The summed E-state index contributed by atoms with van der Waals surface area (Å²) in [5, 5.41) is 9.62. The molecule has 0 saturated heterocycles. The normalized spacial score (nSPS) is 13.7. The molecule has 0 aliphatic carbocycles. The number of aromatic hydroxyl groups is 1. The van der Waals surface area contributed by atoms with Gasteiger partial charge in [-0.2, -0.15) is 0 Å². The Kier molecular flexibility index (Phi) is 3.31. The second-order valence-electron chi connectivity index (χ2n) is 4.72. The summed E-state index contributed by atoms with van der Waals surface area (Å²) in [6, 6.07) is 12.7. The first kappa shape index (κ1) is 13.8. The van der Waals surface area contributed by atoms with Gasteiger partial charge in [-0.15, -0.1) is 0 Å². The van der Waals surface area contributed by atoms with Crippen LogP contribution in [0.4, 0.5) is 0 Å². The molecular weight excluding hydrogens is 282 g/mol. The number of benzene rings is 2. The number of hydrogen-bond donors (Lipinski definition) is 1. The average Bonchev–Trinajstić information content (AvgIpc) is 2.78. The summed E-state index contributed by atoms with van der Waals surface area (Å²) in [6.45, 7) is 0. The minimum atomic E-state index is -0.741. The molecule has 22 heavy (non-hydrogen) atoms. The molecule has 2 aromatic carbocycles. The average molecular weight is 293 g/mol. The third-order valence-electron chi connectivity index (χ3n) is 3.36. The molecule has 1 heterocycles. The van der Waals surface area contributed by atoms with Crippen molar-refractivity contribution in [2.45, 2.75) is 0 Å². The van der Waals surface area contributed by atoms with E-state index in [1.807, 2.05) is 0 Å². The number of carbonyl (C=O) groups is 3. The lowest BCUT2D eigenvalue weighted by Gasteiger charge is -2.08. The molecule has 0 atom stereocenters. The smallest absolute Gasteiger partial charge is 0.268 e. The molecule has 1 aliphatic heterocycles. The number of imide groups is 3. The van der Waals surface area contributed by atoms with Crippen LogP contribution in [-0.2, 0) is 4.79 Å².